The van der Waals surface area contributed by atoms with Crippen molar-refractivity contribution in [2.45, 2.75) is 20.0 Å². The maximum absolute atomic E-state index is 13.9. The number of benzene rings is 2. The van der Waals surface area contributed by atoms with E-state index in [4.69, 9.17) is 4.74 Å². The highest BCUT2D eigenvalue weighted by Gasteiger charge is 2.18. The monoisotopic (exact) mass is 336 g/mol. The summed E-state index contributed by atoms with van der Waals surface area (Å²) in [4.78, 5) is 12.4. The smallest absolute Gasteiger partial charge is 0.199 e. The van der Waals surface area contributed by atoms with E-state index in [0.29, 0.717) is 15.8 Å². The molecule has 0 amide bonds. The first kappa shape index (κ1) is 14.7. The second-order valence-electron chi connectivity index (χ2n) is 4.62. The van der Waals surface area contributed by atoms with Crippen molar-refractivity contribution in [3.63, 3.8) is 0 Å². The lowest BCUT2D eigenvalue weighted by Gasteiger charge is -2.13. The van der Waals surface area contributed by atoms with Crippen LogP contribution >= 0.6 is 15.9 Å². The fraction of sp³-hybridized carbons (Fsp3) is 0.188. The van der Waals surface area contributed by atoms with Crippen LogP contribution in [-0.2, 0) is 0 Å². The molecule has 0 aliphatic heterocycles. The van der Waals surface area contributed by atoms with E-state index >= 15 is 0 Å². The van der Waals surface area contributed by atoms with E-state index in [2.05, 4.69) is 15.9 Å². The van der Waals surface area contributed by atoms with Crippen LogP contribution in [0.5, 0.6) is 5.75 Å². The van der Waals surface area contributed by atoms with Crippen molar-refractivity contribution in [3.05, 3.63) is 63.9 Å². The summed E-state index contributed by atoms with van der Waals surface area (Å²) in [5.41, 5.74) is 0.399. The summed E-state index contributed by atoms with van der Waals surface area (Å²) in [5, 5.41) is 0. The number of hydrogen-bond donors (Lipinski definition) is 0. The van der Waals surface area contributed by atoms with Gasteiger partial charge < -0.3 is 4.74 Å². The largest absolute Gasteiger partial charge is 0.490 e. The van der Waals surface area contributed by atoms with Crippen LogP contribution in [0.3, 0.4) is 0 Å². The Morgan fingerprint density at radius 1 is 1.15 bits per heavy atom. The fourth-order valence-corrected chi connectivity index (χ4v) is 2.16. The molecule has 0 unspecified atom stereocenters. The van der Waals surface area contributed by atoms with E-state index in [9.17, 15) is 9.18 Å². The molecule has 2 aromatic rings. The van der Waals surface area contributed by atoms with Gasteiger partial charge in [0.05, 0.1) is 17.2 Å². The lowest BCUT2D eigenvalue weighted by molar-refractivity contribution is 0.102. The summed E-state index contributed by atoms with van der Waals surface area (Å²) in [7, 11) is 0. The molecule has 2 nitrogen and oxygen atoms in total. The van der Waals surface area contributed by atoms with E-state index in [0.717, 1.165) is 0 Å². The summed E-state index contributed by atoms with van der Waals surface area (Å²) < 4.78 is 20.1. The van der Waals surface area contributed by atoms with Gasteiger partial charge in [-0.15, -0.1) is 0 Å². The molecular weight excluding hydrogens is 323 g/mol. The van der Waals surface area contributed by atoms with Gasteiger partial charge in [0, 0.05) is 4.47 Å². The molecule has 0 aliphatic rings. The van der Waals surface area contributed by atoms with Gasteiger partial charge >= 0.3 is 0 Å². The van der Waals surface area contributed by atoms with Crippen LogP contribution in [0.15, 0.2) is 46.9 Å². The number of ketones is 1. The standard InChI is InChI=1S/C16H14BrFO2/c1-10(2)20-15-6-4-3-5-13(15)16(19)12-8-7-11(17)9-14(12)18/h3-10H,1-2H3. The van der Waals surface area contributed by atoms with Crippen LogP contribution in [0.2, 0.25) is 0 Å². The zero-order valence-electron chi connectivity index (χ0n) is 11.2. The third-order valence-corrected chi connectivity index (χ3v) is 3.16. The van der Waals surface area contributed by atoms with E-state index in [1.165, 1.54) is 12.1 Å². The van der Waals surface area contributed by atoms with Crippen molar-refractivity contribution in [3.8, 4) is 5.75 Å². The highest BCUT2D eigenvalue weighted by atomic mass is 79.9. The number of hydrogen-bond acceptors (Lipinski definition) is 2. The van der Waals surface area contributed by atoms with Crippen molar-refractivity contribution >= 4 is 21.7 Å². The summed E-state index contributed by atoms with van der Waals surface area (Å²) in [6.07, 6.45) is -0.0567. The molecule has 2 aromatic carbocycles. The lowest BCUT2D eigenvalue weighted by atomic mass is 10.0. The number of para-hydroxylation sites is 1. The SMILES string of the molecule is CC(C)Oc1ccccc1C(=O)c1ccc(Br)cc1F. The molecule has 0 heterocycles. The zero-order valence-corrected chi connectivity index (χ0v) is 12.8. The second-order valence-corrected chi connectivity index (χ2v) is 5.53. The Morgan fingerprint density at radius 2 is 1.85 bits per heavy atom. The molecule has 0 spiro atoms. The Bertz CT molecular complexity index is 638. The van der Waals surface area contributed by atoms with Gasteiger partial charge in [-0.2, -0.15) is 0 Å². The summed E-state index contributed by atoms with van der Waals surface area (Å²) in [6.45, 7) is 3.75. The summed E-state index contributed by atoms with van der Waals surface area (Å²) in [5.74, 6) is -0.468. The first-order valence-corrected chi connectivity index (χ1v) is 7.03. The Kier molecular flexibility index (Phi) is 4.55. The Morgan fingerprint density at radius 3 is 2.50 bits per heavy atom. The molecule has 0 bridgehead atoms. The van der Waals surface area contributed by atoms with Crippen molar-refractivity contribution in [2.75, 3.05) is 0 Å². The van der Waals surface area contributed by atoms with E-state index in [1.54, 1.807) is 30.3 Å². The Hall–Kier alpha value is -1.68. The number of carbonyl (C=O) groups is 1. The lowest BCUT2D eigenvalue weighted by Crippen LogP contribution is -2.11. The zero-order chi connectivity index (χ0) is 14.7. The van der Waals surface area contributed by atoms with Gasteiger partial charge in [-0.05, 0) is 44.2 Å². The Labute approximate surface area is 125 Å². The number of ether oxygens (including phenoxy) is 1. The van der Waals surface area contributed by atoms with Crippen LogP contribution in [-0.4, -0.2) is 11.9 Å². The van der Waals surface area contributed by atoms with Gasteiger partial charge in [-0.3, -0.25) is 4.79 Å². The van der Waals surface area contributed by atoms with Crippen LogP contribution < -0.4 is 4.74 Å². The summed E-state index contributed by atoms with van der Waals surface area (Å²) >= 11 is 3.17. The predicted octanol–water partition coefficient (Wildman–Crippen LogP) is 4.61. The minimum atomic E-state index is -0.552. The molecule has 0 saturated carbocycles. The molecule has 20 heavy (non-hydrogen) atoms. The molecule has 0 atom stereocenters. The topological polar surface area (TPSA) is 26.3 Å². The maximum Gasteiger partial charge on any atom is 0.199 e. The highest BCUT2D eigenvalue weighted by molar-refractivity contribution is 9.10. The van der Waals surface area contributed by atoms with Crippen molar-refractivity contribution in [1.82, 2.24) is 0 Å². The second kappa shape index (κ2) is 6.18. The number of carbonyl (C=O) groups excluding carboxylic acids is 1. The Balaban J connectivity index is 2.43. The van der Waals surface area contributed by atoms with Gasteiger partial charge in [0.2, 0.25) is 0 Å². The van der Waals surface area contributed by atoms with Crippen molar-refractivity contribution < 1.29 is 13.9 Å². The van der Waals surface area contributed by atoms with Gasteiger partial charge in [-0.25, -0.2) is 4.39 Å². The molecule has 0 saturated heterocycles. The molecule has 0 N–H and O–H groups in total. The third-order valence-electron chi connectivity index (χ3n) is 2.67. The normalized spacial score (nSPS) is 10.7. The first-order chi connectivity index (χ1) is 9.49. The quantitative estimate of drug-likeness (QED) is 0.762. The molecule has 0 radical (unpaired) electrons. The fourth-order valence-electron chi connectivity index (χ4n) is 1.83. The highest BCUT2D eigenvalue weighted by Crippen LogP contribution is 2.25. The van der Waals surface area contributed by atoms with Crippen LogP contribution in [0, 0.1) is 5.82 Å². The first-order valence-electron chi connectivity index (χ1n) is 6.24. The molecular formula is C16H14BrFO2. The molecule has 0 aliphatic carbocycles. The molecule has 0 fully saturated rings. The summed E-state index contributed by atoms with van der Waals surface area (Å²) in [6, 6.07) is 11.3. The van der Waals surface area contributed by atoms with E-state index in [-0.39, 0.29) is 17.5 Å². The van der Waals surface area contributed by atoms with Crippen LogP contribution in [0.1, 0.15) is 29.8 Å². The van der Waals surface area contributed by atoms with Crippen molar-refractivity contribution in [1.29, 1.82) is 0 Å². The molecule has 104 valence electrons. The maximum atomic E-state index is 13.9. The minimum Gasteiger partial charge on any atom is -0.490 e. The molecule has 4 heteroatoms. The van der Waals surface area contributed by atoms with Gasteiger partial charge in [0.1, 0.15) is 11.6 Å². The van der Waals surface area contributed by atoms with Crippen molar-refractivity contribution in [2.24, 2.45) is 0 Å². The van der Waals surface area contributed by atoms with Gasteiger partial charge in [0.25, 0.3) is 0 Å². The molecule has 2 rings (SSSR count). The average molecular weight is 337 g/mol. The number of halogens is 2. The van der Waals surface area contributed by atoms with E-state index < -0.39 is 5.82 Å². The van der Waals surface area contributed by atoms with Gasteiger partial charge in [0.15, 0.2) is 5.78 Å². The predicted molar refractivity (Wildman–Crippen MR) is 79.7 cm³/mol. The number of rotatable bonds is 4. The van der Waals surface area contributed by atoms with Gasteiger partial charge in [-0.1, -0.05) is 28.1 Å². The molecule has 0 aromatic heterocycles. The minimum absolute atomic E-state index is 0.0352. The third kappa shape index (κ3) is 3.25. The van der Waals surface area contributed by atoms with E-state index in [1.807, 2.05) is 13.8 Å². The van der Waals surface area contributed by atoms with Crippen LogP contribution in [0.4, 0.5) is 4.39 Å². The van der Waals surface area contributed by atoms with Crippen LogP contribution in [0.25, 0.3) is 0 Å². The average Bonchev–Trinajstić information content (AvgIpc) is 2.38.